The van der Waals surface area contributed by atoms with Crippen molar-refractivity contribution in [3.63, 3.8) is 0 Å². The van der Waals surface area contributed by atoms with Crippen LogP contribution in [0.5, 0.6) is 0 Å². The SMILES string of the molecule is C1CC[N+](=c2nc(N3CCOCC3)ss2)C1. The first-order valence-corrected chi connectivity index (χ1v) is 7.96. The minimum absolute atomic E-state index is 0.837. The van der Waals surface area contributed by atoms with Gasteiger partial charge in [0.2, 0.25) is 0 Å². The van der Waals surface area contributed by atoms with Gasteiger partial charge in [0.05, 0.1) is 26.3 Å². The molecule has 2 saturated heterocycles. The Morgan fingerprint density at radius 3 is 2.62 bits per heavy atom. The second kappa shape index (κ2) is 4.81. The summed E-state index contributed by atoms with van der Waals surface area (Å²) in [4.78, 5) is 8.30. The number of nitrogens with zero attached hydrogens (tertiary/aromatic N) is 3. The molecule has 0 aliphatic carbocycles. The van der Waals surface area contributed by atoms with Crippen LogP contribution in [0.25, 0.3) is 0 Å². The third-order valence-corrected chi connectivity index (χ3v) is 5.27. The van der Waals surface area contributed by atoms with Crippen molar-refractivity contribution in [2.75, 3.05) is 44.3 Å². The van der Waals surface area contributed by atoms with E-state index < -0.39 is 0 Å². The Balaban J connectivity index is 1.84. The summed E-state index contributed by atoms with van der Waals surface area (Å²) in [6, 6.07) is 0. The third-order valence-electron chi connectivity index (χ3n) is 3.04. The summed E-state index contributed by atoms with van der Waals surface area (Å²) in [5, 5.41) is 1.18. The van der Waals surface area contributed by atoms with E-state index in [1.54, 1.807) is 10.3 Å². The molecule has 3 heterocycles. The van der Waals surface area contributed by atoms with E-state index in [4.69, 9.17) is 9.72 Å². The summed E-state index contributed by atoms with van der Waals surface area (Å²) in [7, 11) is 3.62. The molecule has 0 amide bonds. The molecule has 0 N–H and O–H groups in total. The molecule has 0 bridgehead atoms. The van der Waals surface area contributed by atoms with E-state index in [2.05, 4.69) is 9.48 Å². The summed E-state index contributed by atoms with van der Waals surface area (Å²) in [6.45, 7) is 6.01. The van der Waals surface area contributed by atoms with Gasteiger partial charge in [0.1, 0.15) is 0 Å². The van der Waals surface area contributed by atoms with Crippen LogP contribution in [0.4, 0.5) is 5.13 Å². The number of hydrogen-bond donors (Lipinski definition) is 0. The maximum Gasteiger partial charge on any atom is 0.390 e. The van der Waals surface area contributed by atoms with E-state index in [0.29, 0.717) is 0 Å². The number of aromatic nitrogens is 1. The maximum atomic E-state index is 5.36. The zero-order valence-corrected chi connectivity index (χ0v) is 10.9. The van der Waals surface area contributed by atoms with E-state index >= 15 is 0 Å². The largest absolute Gasteiger partial charge is 0.390 e. The molecule has 0 unspecified atom stereocenters. The van der Waals surface area contributed by atoms with Crippen molar-refractivity contribution in [1.82, 2.24) is 9.56 Å². The summed E-state index contributed by atoms with van der Waals surface area (Å²) in [6.07, 6.45) is 2.63. The number of ether oxygens (including phenoxy) is 1. The van der Waals surface area contributed by atoms with Crippen molar-refractivity contribution < 1.29 is 4.74 Å². The third kappa shape index (κ3) is 2.14. The molecule has 0 spiro atoms. The lowest BCUT2D eigenvalue weighted by Crippen LogP contribution is -2.37. The van der Waals surface area contributed by atoms with Gasteiger partial charge in [0.25, 0.3) is 0 Å². The van der Waals surface area contributed by atoms with Crippen LogP contribution in [-0.4, -0.2) is 44.4 Å². The summed E-state index contributed by atoms with van der Waals surface area (Å²) < 4.78 is 7.76. The maximum absolute atomic E-state index is 5.36. The molecular formula is C10H16N3OS2+. The second-order valence-corrected chi connectivity index (χ2v) is 6.20. The quantitative estimate of drug-likeness (QED) is 0.546. The van der Waals surface area contributed by atoms with Crippen LogP contribution < -0.4 is 14.3 Å². The predicted octanol–water partition coefficient (Wildman–Crippen LogP) is 0.607. The van der Waals surface area contributed by atoms with E-state index in [0.717, 1.165) is 26.3 Å². The molecule has 0 aromatic carbocycles. The number of rotatable bonds is 1. The van der Waals surface area contributed by atoms with Crippen LogP contribution in [-0.2, 0) is 4.74 Å². The molecule has 16 heavy (non-hydrogen) atoms. The van der Waals surface area contributed by atoms with E-state index in [1.807, 2.05) is 10.3 Å². The normalized spacial score (nSPS) is 21.8. The Kier molecular flexibility index (Phi) is 3.21. The van der Waals surface area contributed by atoms with Crippen LogP contribution in [0.3, 0.4) is 0 Å². The second-order valence-electron chi connectivity index (χ2n) is 4.14. The average molecular weight is 258 g/mol. The summed E-state index contributed by atoms with van der Waals surface area (Å²) >= 11 is 0. The van der Waals surface area contributed by atoms with Gasteiger partial charge >= 0.3 is 9.93 Å². The highest BCUT2D eigenvalue weighted by atomic mass is 32.9. The minimum atomic E-state index is 0.837. The minimum Gasteiger partial charge on any atom is -0.378 e. The van der Waals surface area contributed by atoms with Gasteiger partial charge < -0.3 is 9.64 Å². The zero-order chi connectivity index (χ0) is 10.8. The van der Waals surface area contributed by atoms with Crippen molar-refractivity contribution in [3.05, 3.63) is 4.80 Å². The summed E-state index contributed by atoms with van der Waals surface area (Å²) in [5.41, 5.74) is 0. The lowest BCUT2D eigenvalue weighted by molar-refractivity contribution is 0.122. The fourth-order valence-corrected chi connectivity index (χ4v) is 4.44. The topological polar surface area (TPSA) is 28.4 Å². The van der Waals surface area contributed by atoms with Gasteiger partial charge in [-0.1, -0.05) is 0 Å². The Hall–Kier alpha value is -0.460. The van der Waals surface area contributed by atoms with Crippen LogP contribution in [0, 0.1) is 0 Å². The molecule has 1 aromatic rings. The van der Waals surface area contributed by atoms with Gasteiger partial charge in [-0.25, -0.2) is 4.58 Å². The molecule has 4 nitrogen and oxygen atoms in total. The lowest BCUT2D eigenvalue weighted by atomic mass is 10.4. The average Bonchev–Trinajstić information content (AvgIpc) is 3.01. The highest BCUT2D eigenvalue weighted by Gasteiger charge is 2.21. The molecule has 2 aliphatic rings. The van der Waals surface area contributed by atoms with Gasteiger partial charge in [-0.15, -0.1) is 0 Å². The molecule has 2 fully saturated rings. The molecule has 0 atom stereocenters. The first kappa shape index (κ1) is 10.7. The van der Waals surface area contributed by atoms with Gasteiger partial charge in [-0.2, -0.15) is 0 Å². The van der Waals surface area contributed by atoms with Crippen LogP contribution in [0.1, 0.15) is 12.8 Å². The molecule has 0 radical (unpaired) electrons. The van der Waals surface area contributed by atoms with Crippen molar-refractivity contribution in [1.29, 1.82) is 0 Å². The molecule has 3 rings (SSSR count). The molecule has 88 valence electrons. The van der Waals surface area contributed by atoms with Crippen molar-refractivity contribution in [2.45, 2.75) is 12.8 Å². The Morgan fingerprint density at radius 1 is 1.12 bits per heavy atom. The van der Waals surface area contributed by atoms with Crippen molar-refractivity contribution in [3.8, 4) is 0 Å². The monoisotopic (exact) mass is 258 g/mol. The standard InChI is InChI=1S/C10H16N3OS2/c1-2-4-12(3-1)9-11-10(16-15-9)13-5-7-14-8-6-13/h1-8H2/q+1. The number of anilines is 1. The fourth-order valence-electron chi connectivity index (χ4n) is 2.10. The van der Waals surface area contributed by atoms with Crippen LogP contribution in [0.15, 0.2) is 0 Å². The lowest BCUT2D eigenvalue weighted by Gasteiger charge is -2.23. The van der Waals surface area contributed by atoms with E-state index in [1.165, 1.54) is 35.9 Å². The highest BCUT2D eigenvalue weighted by Crippen LogP contribution is 2.19. The van der Waals surface area contributed by atoms with Gasteiger partial charge in [-0.05, 0) is 23.2 Å². The highest BCUT2D eigenvalue weighted by molar-refractivity contribution is 7.69. The smallest absolute Gasteiger partial charge is 0.378 e. The van der Waals surface area contributed by atoms with Crippen LogP contribution in [0.2, 0.25) is 0 Å². The molecular weight excluding hydrogens is 242 g/mol. The van der Waals surface area contributed by atoms with Crippen molar-refractivity contribution in [2.24, 2.45) is 0 Å². The zero-order valence-electron chi connectivity index (χ0n) is 9.22. The van der Waals surface area contributed by atoms with Gasteiger partial charge in [0.15, 0.2) is 0 Å². The first-order chi connectivity index (χ1) is 7.93. The summed E-state index contributed by atoms with van der Waals surface area (Å²) in [5.74, 6) is 0. The molecule has 1 aromatic heterocycles. The van der Waals surface area contributed by atoms with Crippen molar-refractivity contribution >= 4 is 25.8 Å². The Labute approximate surface area is 102 Å². The number of morpholine rings is 1. The number of hydrogen-bond acceptors (Lipinski definition) is 5. The molecule has 2 aliphatic heterocycles. The first-order valence-electron chi connectivity index (χ1n) is 5.81. The molecule has 0 saturated carbocycles. The van der Waals surface area contributed by atoms with E-state index in [-0.39, 0.29) is 0 Å². The van der Waals surface area contributed by atoms with E-state index in [9.17, 15) is 0 Å². The Morgan fingerprint density at radius 2 is 1.88 bits per heavy atom. The predicted molar refractivity (Wildman–Crippen MR) is 67.3 cm³/mol. The van der Waals surface area contributed by atoms with Gasteiger partial charge in [-0.3, -0.25) is 0 Å². The Bertz CT molecular complexity index is 412. The fraction of sp³-hybridized carbons (Fsp3) is 0.800. The molecule has 6 heteroatoms. The van der Waals surface area contributed by atoms with Crippen LogP contribution >= 0.6 is 20.7 Å². The van der Waals surface area contributed by atoms with Gasteiger partial charge in [0, 0.05) is 28.4 Å².